The van der Waals surface area contributed by atoms with Crippen molar-refractivity contribution in [2.45, 2.75) is 13.5 Å². The largest absolute Gasteiger partial charge is 0.493 e. The van der Waals surface area contributed by atoms with E-state index in [0.29, 0.717) is 34.6 Å². The molecule has 8 nitrogen and oxygen atoms in total. The van der Waals surface area contributed by atoms with Crippen molar-refractivity contribution in [1.29, 1.82) is 5.26 Å². The van der Waals surface area contributed by atoms with Gasteiger partial charge in [-0.15, -0.1) is 0 Å². The first-order valence-electron chi connectivity index (χ1n) is 10.5. The minimum atomic E-state index is -0.712. The van der Waals surface area contributed by atoms with Gasteiger partial charge in [-0.05, 0) is 48.9 Å². The van der Waals surface area contributed by atoms with Crippen LogP contribution < -0.4 is 14.2 Å². The average Bonchev–Trinajstić information content (AvgIpc) is 3.10. The van der Waals surface area contributed by atoms with Crippen molar-refractivity contribution in [2.75, 3.05) is 13.7 Å². The molecule has 1 aliphatic rings. The fourth-order valence-corrected chi connectivity index (χ4v) is 3.66. The zero-order valence-electron chi connectivity index (χ0n) is 18.5. The number of esters is 1. The number of hydrogen-bond acceptors (Lipinski definition) is 7. The van der Waals surface area contributed by atoms with Gasteiger partial charge in [-0.1, -0.05) is 18.2 Å². The van der Waals surface area contributed by atoms with Gasteiger partial charge in [0.05, 0.1) is 43.0 Å². The summed E-state index contributed by atoms with van der Waals surface area (Å²) in [6, 6.07) is 17.9. The quantitative estimate of drug-likeness (QED) is 0.301. The Labute approximate surface area is 195 Å². The number of nitrogens with zero attached hydrogens (tertiary/aromatic N) is 2. The molecule has 0 aliphatic carbocycles. The van der Waals surface area contributed by atoms with Crippen LogP contribution in [0.5, 0.6) is 17.2 Å². The van der Waals surface area contributed by atoms with Gasteiger partial charge in [-0.25, -0.2) is 4.79 Å². The Morgan fingerprint density at radius 3 is 2.24 bits per heavy atom. The summed E-state index contributed by atoms with van der Waals surface area (Å²) in [5.41, 5.74) is 1.74. The Hall–Kier alpha value is -4.64. The monoisotopic (exact) mass is 456 g/mol. The number of ether oxygens (including phenoxy) is 3. The highest BCUT2D eigenvalue weighted by atomic mass is 16.6. The summed E-state index contributed by atoms with van der Waals surface area (Å²) < 4.78 is 16.3. The lowest BCUT2D eigenvalue weighted by Gasteiger charge is -2.16. The first-order chi connectivity index (χ1) is 16.5. The van der Waals surface area contributed by atoms with Crippen LogP contribution in [0.15, 0.2) is 60.7 Å². The van der Waals surface area contributed by atoms with Crippen molar-refractivity contribution in [2.24, 2.45) is 0 Å². The highest BCUT2D eigenvalue weighted by Crippen LogP contribution is 2.31. The van der Waals surface area contributed by atoms with E-state index in [9.17, 15) is 14.4 Å². The lowest BCUT2D eigenvalue weighted by molar-refractivity contribution is 0.0642. The molecule has 0 atom stereocenters. The molecule has 3 aromatic carbocycles. The van der Waals surface area contributed by atoms with Crippen molar-refractivity contribution in [3.63, 3.8) is 0 Å². The topological polar surface area (TPSA) is 106 Å². The number of imide groups is 1. The number of benzene rings is 3. The molecular formula is C26H20N2O6. The third-order valence-corrected chi connectivity index (χ3v) is 5.28. The Bertz CT molecular complexity index is 1310. The maximum absolute atomic E-state index is 13.1. The molecule has 0 saturated carbocycles. The average molecular weight is 456 g/mol. The van der Waals surface area contributed by atoms with Gasteiger partial charge >= 0.3 is 5.97 Å². The van der Waals surface area contributed by atoms with Gasteiger partial charge in [0, 0.05) is 6.07 Å². The van der Waals surface area contributed by atoms with Crippen LogP contribution in [0, 0.1) is 11.3 Å². The Morgan fingerprint density at radius 2 is 1.62 bits per heavy atom. The fraction of sp³-hybridized carbons (Fsp3) is 0.154. The molecule has 0 saturated heterocycles. The third-order valence-electron chi connectivity index (χ3n) is 5.28. The van der Waals surface area contributed by atoms with Crippen LogP contribution in [-0.2, 0) is 6.54 Å². The molecular weight excluding hydrogens is 436 g/mol. The third kappa shape index (κ3) is 4.19. The van der Waals surface area contributed by atoms with E-state index in [0.717, 1.165) is 4.90 Å². The van der Waals surface area contributed by atoms with Crippen molar-refractivity contribution in [1.82, 2.24) is 4.90 Å². The molecule has 3 aromatic rings. The van der Waals surface area contributed by atoms with Crippen LogP contribution in [0.2, 0.25) is 0 Å². The first kappa shape index (κ1) is 22.6. The molecule has 170 valence electrons. The van der Waals surface area contributed by atoms with Gasteiger partial charge in [0.1, 0.15) is 11.3 Å². The van der Waals surface area contributed by atoms with E-state index in [1.165, 1.54) is 31.4 Å². The summed E-state index contributed by atoms with van der Waals surface area (Å²) in [4.78, 5) is 39.6. The van der Waals surface area contributed by atoms with E-state index in [4.69, 9.17) is 19.5 Å². The number of fused-ring (bicyclic) bond motifs is 1. The molecule has 0 aromatic heterocycles. The second-order valence-corrected chi connectivity index (χ2v) is 7.37. The molecule has 4 rings (SSSR count). The molecule has 8 heteroatoms. The zero-order valence-corrected chi connectivity index (χ0v) is 18.5. The smallest absolute Gasteiger partial charge is 0.347 e. The van der Waals surface area contributed by atoms with Gasteiger partial charge < -0.3 is 14.2 Å². The Morgan fingerprint density at radius 1 is 0.941 bits per heavy atom. The maximum Gasteiger partial charge on any atom is 0.347 e. The van der Waals surface area contributed by atoms with E-state index in [2.05, 4.69) is 0 Å². The number of amides is 2. The van der Waals surface area contributed by atoms with Gasteiger partial charge in [0.25, 0.3) is 11.8 Å². The summed E-state index contributed by atoms with van der Waals surface area (Å²) in [5, 5.41) is 9.06. The van der Waals surface area contributed by atoms with Gasteiger partial charge in [-0.2, -0.15) is 5.26 Å². The number of carbonyl (C=O) groups excluding carboxylic acids is 3. The van der Waals surface area contributed by atoms with E-state index in [-0.39, 0.29) is 35.4 Å². The number of methoxy groups -OCH3 is 1. The molecule has 0 bridgehead atoms. The summed E-state index contributed by atoms with van der Waals surface area (Å²) in [6.45, 7) is 2.09. The zero-order chi connectivity index (χ0) is 24.2. The van der Waals surface area contributed by atoms with Crippen LogP contribution in [0.25, 0.3) is 0 Å². The summed E-state index contributed by atoms with van der Waals surface area (Å²) in [7, 11) is 1.40. The van der Waals surface area contributed by atoms with Crippen LogP contribution in [0.1, 0.15) is 49.1 Å². The number of hydrogen-bond donors (Lipinski definition) is 0. The first-order valence-corrected chi connectivity index (χ1v) is 10.5. The molecule has 34 heavy (non-hydrogen) atoms. The second-order valence-electron chi connectivity index (χ2n) is 7.37. The maximum atomic E-state index is 13.1. The Kier molecular flexibility index (Phi) is 6.28. The highest BCUT2D eigenvalue weighted by Gasteiger charge is 2.35. The molecule has 2 amide bonds. The molecule has 0 spiro atoms. The normalized spacial score (nSPS) is 12.2. The second kappa shape index (κ2) is 9.46. The number of nitriles is 1. The van der Waals surface area contributed by atoms with Crippen molar-refractivity contribution in [3.8, 4) is 23.3 Å². The van der Waals surface area contributed by atoms with E-state index in [1.54, 1.807) is 43.3 Å². The Balaban J connectivity index is 1.62. The molecule has 1 aliphatic heterocycles. The molecule has 1 heterocycles. The van der Waals surface area contributed by atoms with Crippen LogP contribution in [0.4, 0.5) is 0 Å². The predicted octanol–water partition coefficient (Wildman–Crippen LogP) is 3.98. The summed E-state index contributed by atoms with van der Waals surface area (Å²) >= 11 is 0. The van der Waals surface area contributed by atoms with Crippen molar-refractivity contribution < 1.29 is 28.6 Å². The molecule has 0 unspecified atom stereocenters. The number of carbonyl (C=O) groups is 3. The minimum absolute atomic E-state index is 0.0147. The van der Waals surface area contributed by atoms with Crippen LogP contribution in [0.3, 0.4) is 0 Å². The van der Waals surface area contributed by atoms with Gasteiger partial charge in [-0.3, -0.25) is 14.5 Å². The lowest BCUT2D eigenvalue weighted by Crippen LogP contribution is -2.29. The van der Waals surface area contributed by atoms with E-state index in [1.807, 2.05) is 6.07 Å². The van der Waals surface area contributed by atoms with Gasteiger partial charge in [0.2, 0.25) is 0 Å². The lowest BCUT2D eigenvalue weighted by atomic mass is 10.1. The molecule has 0 fully saturated rings. The molecule has 0 N–H and O–H groups in total. The minimum Gasteiger partial charge on any atom is -0.493 e. The van der Waals surface area contributed by atoms with Gasteiger partial charge in [0.15, 0.2) is 11.5 Å². The van der Waals surface area contributed by atoms with Crippen LogP contribution >= 0.6 is 0 Å². The van der Waals surface area contributed by atoms with Crippen molar-refractivity contribution in [3.05, 3.63) is 88.5 Å². The predicted molar refractivity (Wildman–Crippen MR) is 121 cm³/mol. The fourth-order valence-electron chi connectivity index (χ4n) is 3.66. The van der Waals surface area contributed by atoms with Crippen molar-refractivity contribution >= 4 is 17.8 Å². The van der Waals surface area contributed by atoms with Crippen LogP contribution in [-0.4, -0.2) is 36.4 Å². The summed E-state index contributed by atoms with van der Waals surface area (Å²) in [5.74, 6) is -0.823. The molecule has 0 radical (unpaired) electrons. The SMILES string of the molecule is CCOc1ccc(CN2C(=O)c3ccccc3C2=O)cc1C(=O)Oc1ccc(C#N)cc1OC. The summed E-state index contributed by atoms with van der Waals surface area (Å²) in [6.07, 6.45) is 0. The number of rotatable bonds is 7. The standard InChI is InChI=1S/C26H20N2O6/c1-3-33-21-10-9-17(15-28-24(29)18-6-4-5-7-19(18)25(28)30)12-20(21)26(31)34-22-11-8-16(14-27)13-23(22)32-2/h4-13H,3,15H2,1-2H3. The highest BCUT2D eigenvalue weighted by molar-refractivity contribution is 6.21. The van der Waals surface area contributed by atoms with E-state index < -0.39 is 5.97 Å². The van der Waals surface area contributed by atoms with E-state index >= 15 is 0 Å².